The predicted octanol–water partition coefficient (Wildman–Crippen LogP) is 1.20. The summed E-state index contributed by atoms with van der Waals surface area (Å²) in [5, 5.41) is 3.96. The lowest BCUT2D eigenvalue weighted by atomic mass is 9.89. The quantitative estimate of drug-likeness (QED) is 0.892. The van der Waals surface area contributed by atoms with Crippen LogP contribution in [0.5, 0.6) is 0 Å². The predicted molar refractivity (Wildman–Crippen MR) is 90.9 cm³/mol. The number of rotatable bonds is 4. The number of nitrogens with two attached hydrogens (primary N) is 1. The Labute approximate surface area is 142 Å². The maximum atomic E-state index is 12.7. The zero-order valence-corrected chi connectivity index (χ0v) is 14.5. The molecule has 8 heteroatoms. The third-order valence-electron chi connectivity index (χ3n) is 4.26. The van der Waals surface area contributed by atoms with Crippen LogP contribution in [0.25, 0.3) is 0 Å². The van der Waals surface area contributed by atoms with Gasteiger partial charge in [-0.05, 0) is 18.0 Å². The molecule has 0 spiro atoms. The lowest BCUT2D eigenvalue weighted by Crippen LogP contribution is -2.29. The van der Waals surface area contributed by atoms with E-state index in [4.69, 9.17) is 5.73 Å². The molecule has 1 aliphatic heterocycles. The molecule has 126 valence electrons. The summed E-state index contributed by atoms with van der Waals surface area (Å²) >= 11 is 0. The van der Waals surface area contributed by atoms with Gasteiger partial charge in [0.1, 0.15) is 4.90 Å². The summed E-state index contributed by atoms with van der Waals surface area (Å²) in [6.45, 7) is 1.38. The minimum Gasteiger partial charge on any atom is -0.330 e. The van der Waals surface area contributed by atoms with E-state index in [0.29, 0.717) is 19.6 Å². The third kappa shape index (κ3) is 3.42. The first kappa shape index (κ1) is 17.9. The molecule has 0 aliphatic carbocycles. The van der Waals surface area contributed by atoms with Gasteiger partial charge in [-0.1, -0.05) is 30.3 Å². The Morgan fingerprint density at radius 3 is 2.52 bits per heavy atom. The van der Waals surface area contributed by atoms with Gasteiger partial charge in [0.25, 0.3) is 0 Å². The van der Waals surface area contributed by atoms with Gasteiger partial charge in [-0.2, -0.15) is 9.40 Å². The summed E-state index contributed by atoms with van der Waals surface area (Å²) < 4.78 is 28.5. The van der Waals surface area contributed by atoms with Crippen LogP contribution in [0.3, 0.4) is 0 Å². The van der Waals surface area contributed by atoms with E-state index in [2.05, 4.69) is 5.10 Å². The van der Waals surface area contributed by atoms with Gasteiger partial charge >= 0.3 is 0 Å². The largest absolute Gasteiger partial charge is 0.330 e. The smallest absolute Gasteiger partial charge is 0.246 e. The van der Waals surface area contributed by atoms with Gasteiger partial charge in [-0.15, -0.1) is 12.4 Å². The van der Waals surface area contributed by atoms with Crippen molar-refractivity contribution in [3.05, 3.63) is 48.3 Å². The van der Waals surface area contributed by atoms with Crippen LogP contribution in [0.15, 0.2) is 47.6 Å². The Hall–Kier alpha value is -1.41. The lowest BCUT2D eigenvalue weighted by molar-refractivity contribution is 0.459. The topological polar surface area (TPSA) is 81.2 Å². The molecule has 23 heavy (non-hydrogen) atoms. The van der Waals surface area contributed by atoms with Crippen molar-refractivity contribution in [1.82, 2.24) is 14.1 Å². The normalized spacial score (nSPS) is 22.0. The zero-order valence-electron chi connectivity index (χ0n) is 12.9. The van der Waals surface area contributed by atoms with Crippen molar-refractivity contribution in [3.63, 3.8) is 0 Å². The van der Waals surface area contributed by atoms with E-state index >= 15 is 0 Å². The summed E-state index contributed by atoms with van der Waals surface area (Å²) in [5.74, 6) is 0.270. The van der Waals surface area contributed by atoms with Gasteiger partial charge in [0.2, 0.25) is 10.0 Å². The van der Waals surface area contributed by atoms with Crippen LogP contribution in [0, 0.1) is 5.92 Å². The van der Waals surface area contributed by atoms with E-state index in [1.165, 1.54) is 21.4 Å². The highest BCUT2D eigenvalue weighted by molar-refractivity contribution is 7.89. The summed E-state index contributed by atoms with van der Waals surface area (Å²) in [6.07, 6.45) is 2.92. The first-order valence-electron chi connectivity index (χ1n) is 7.26. The van der Waals surface area contributed by atoms with Crippen molar-refractivity contribution in [2.24, 2.45) is 18.7 Å². The van der Waals surface area contributed by atoms with Gasteiger partial charge < -0.3 is 5.73 Å². The summed E-state index contributed by atoms with van der Waals surface area (Å²) in [6, 6.07) is 9.98. The Kier molecular flexibility index (Phi) is 5.46. The van der Waals surface area contributed by atoms with Gasteiger partial charge in [-0.3, -0.25) is 4.68 Å². The molecule has 1 saturated heterocycles. The number of halogens is 1. The highest BCUT2D eigenvalue weighted by atomic mass is 35.5. The summed E-state index contributed by atoms with van der Waals surface area (Å²) in [5.41, 5.74) is 7.01. The highest BCUT2D eigenvalue weighted by Gasteiger charge is 2.39. The molecule has 2 atom stereocenters. The van der Waals surface area contributed by atoms with Crippen molar-refractivity contribution in [3.8, 4) is 0 Å². The second-order valence-electron chi connectivity index (χ2n) is 5.68. The molecule has 0 radical (unpaired) electrons. The number of aromatic nitrogens is 2. The Morgan fingerprint density at radius 1 is 1.26 bits per heavy atom. The molecule has 6 nitrogen and oxygen atoms in total. The van der Waals surface area contributed by atoms with Crippen LogP contribution in [-0.2, 0) is 17.1 Å². The molecule has 0 bridgehead atoms. The monoisotopic (exact) mass is 356 g/mol. The fourth-order valence-corrected chi connectivity index (χ4v) is 4.53. The van der Waals surface area contributed by atoms with Crippen molar-refractivity contribution in [2.75, 3.05) is 19.6 Å². The van der Waals surface area contributed by atoms with E-state index in [-0.39, 0.29) is 29.1 Å². The van der Waals surface area contributed by atoms with E-state index < -0.39 is 10.0 Å². The lowest BCUT2D eigenvalue weighted by Gasteiger charge is -2.16. The zero-order chi connectivity index (χ0) is 15.7. The maximum absolute atomic E-state index is 12.7. The highest BCUT2D eigenvalue weighted by Crippen LogP contribution is 2.34. The molecular formula is C15H21ClN4O2S. The first-order valence-corrected chi connectivity index (χ1v) is 8.70. The van der Waals surface area contributed by atoms with Crippen LogP contribution >= 0.6 is 12.4 Å². The Balaban J connectivity index is 0.00000192. The number of nitrogens with zero attached hydrogens (tertiary/aromatic N) is 3. The molecular weight excluding hydrogens is 336 g/mol. The number of sulfonamides is 1. The van der Waals surface area contributed by atoms with Gasteiger partial charge in [0.05, 0.1) is 6.20 Å². The molecule has 3 rings (SSSR count). The second-order valence-corrected chi connectivity index (χ2v) is 7.62. The number of hydrogen-bond donors (Lipinski definition) is 1. The van der Waals surface area contributed by atoms with E-state index in [9.17, 15) is 8.42 Å². The molecule has 2 heterocycles. The first-order chi connectivity index (χ1) is 10.5. The van der Waals surface area contributed by atoms with Gasteiger partial charge in [-0.25, -0.2) is 8.42 Å². The van der Waals surface area contributed by atoms with E-state index in [0.717, 1.165) is 5.56 Å². The second kappa shape index (κ2) is 7.00. The van der Waals surface area contributed by atoms with Gasteiger partial charge in [0.15, 0.2) is 0 Å². The average molecular weight is 357 g/mol. The fraction of sp³-hybridized carbons (Fsp3) is 0.400. The van der Waals surface area contributed by atoms with E-state index in [1.54, 1.807) is 7.05 Å². The fourth-order valence-electron chi connectivity index (χ4n) is 3.03. The van der Waals surface area contributed by atoms with Crippen molar-refractivity contribution < 1.29 is 8.42 Å². The maximum Gasteiger partial charge on any atom is 0.246 e. The third-order valence-corrected chi connectivity index (χ3v) is 6.04. The minimum atomic E-state index is -3.51. The molecule has 1 aromatic carbocycles. The number of benzene rings is 1. The van der Waals surface area contributed by atoms with Crippen molar-refractivity contribution in [1.29, 1.82) is 0 Å². The number of hydrogen-bond acceptors (Lipinski definition) is 4. The molecule has 1 aliphatic rings. The Morgan fingerprint density at radius 2 is 1.96 bits per heavy atom. The Bertz CT molecular complexity index is 748. The molecule has 0 amide bonds. The summed E-state index contributed by atoms with van der Waals surface area (Å²) in [4.78, 5) is 0.236. The minimum absolute atomic E-state index is 0. The summed E-state index contributed by atoms with van der Waals surface area (Å²) in [7, 11) is -1.80. The SMILES string of the molecule is Cl.Cn1cc(S(=O)(=O)N2C[C@@H](CN)[C@H](c3ccccc3)C2)cn1. The molecule has 2 N–H and O–H groups in total. The standard InChI is InChI=1S/C15H20N4O2S.ClH/c1-18-10-14(8-17-18)22(20,21)19-9-13(7-16)15(11-19)12-5-3-2-4-6-12;/h2-6,8,10,13,15H,7,9,11,16H2,1H3;1H/t13-,15+;/m1./s1. The van der Waals surface area contributed by atoms with E-state index in [1.807, 2.05) is 30.3 Å². The van der Waals surface area contributed by atoms with Crippen LogP contribution < -0.4 is 5.73 Å². The number of aryl methyl sites for hydroxylation is 1. The van der Waals surface area contributed by atoms with Crippen LogP contribution in [0.1, 0.15) is 11.5 Å². The van der Waals surface area contributed by atoms with Crippen molar-refractivity contribution in [2.45, 2.75) is 10.8 Å². The van der Waals surface area contributed by atoms with Crippen LogP contribution in [0.4, 0.5) is 0 Å². The molecule has 1 aromatic heterocycles. The molecule has 0 saturated carbocycles. The van der Waals surface area contributed by atoms with Gasteiger partial charge in [0, 0.05) is 32.3 Å². The average Bonchev–Trinajstić information content (AvgIpc) is 3.14. The van der Waals surface area contributed by atoms with Crippen LogP contribution in [-0.4, -0.2) is 42.1 Å². The van der Waals surface area contributed by atoms with Crippen molar-refractivity contribution >= 4 is 22.4 Å². The van der Waals surface area contributed by atoms with Crippen LogP contribution in [0.2, 0.25) is 0 Å². The molecule has 0 unspecified atom stereocenters. The molecule has 2 aromatic rings. The molecule has 1 fully saturated rings.